The van der Waals surface area contributed by atoms with E-state index in [2.05, 4.69) is 55.4 Å². The molecule has 0 amide bonds. The molecule has 0 unspecified atom stereocenters. The van der Waals surface area contributed by atoms with Crippen molar-refractivity contribution in [3.63, 3.8) is 0 Å². The van der Waals surface area contributed by atoms with E-state index in [0.29, 0.717) is 5.56 Å². The molecule has 0 saturated carbocycles. The van der Waals surface area contributed by atoms with Gasteiger partial charge in [-0.15, -0.1) is 0 Å². The number of H-pyrrole nitrogens is 3. The fraction of sp³-hybridized carbons (Fsp3) is 0.222. The van der Waals surface area contributed by atoms with E-state index in [1.54, 1.807) is 6.20 Å². The molecule has 4 heterocycles. The van der Waals surface area contributed by atoms with Gasteiger partial charge in [0, 0.05) is 47.8 Å². The van der Waals surface area contributed by atoms with Crippen LogP contribution in [0.25, 0.3) is 44.2 Å². The van der Waals surface area contributed by atoms with Gasteiger partial charge in [-0.3, -0.25) is 14.8 Å². The fourth-order valence-corrected chi connectivity index (χ4v) is 4.44. The minimum atomic E-state index is -5.08. The number of hydrogen-bond donors (Lipinski definition) is 4. The Morgan fingerprint density at radius 1 is 0.974 bits per heavy atom. The zero-order valence-corrected chi connectivity index (χ0v) is 20.5. The van der Waals surface area contributed by atoms with Crippen LogP contribution >= 0.6 is 0 Å². The molecule has 1 saturated heterocycles. The number of rotatable bonds is 4. The molecule has 0 radical (unpaired) electrons. The second-order valence-corrected chi connectivity index (χ2v) is 9.10. The van der Waals surface area contributed by atoms with Gasteiger partial charge in [0.25, 0.3) is 5.56 Å². The third kappa shape index (κ3) is 6.02. The number of halogens is 3. The van der Waals surface area contributed by atoms with Crippen molar-refractivity contribution in [3.05, 3.63) is 76.8 Å². The molecular weight excluding hydrogens is 515 g/mol. The lowest BCUT2D eigenvalue weighted by Crippen LogP contribution is -2.35. The Hall–Kier alpha value is -4.42. The number of carbonyl (C=O) groups is 1. The number of aromatic amines is 3. The Morgan fingerprint density at radius 3 is 2.36 bits per heavy atom. The third-order valence-corrected chi connectivity index (χ3v) is 6.40. The Labute approximate surface area is 219 Å². The molecule has 1 aliphatic rings. The maximum absolute atomic E-state index is 12.8. The van der Waals surface area contributed by atoms with E-state index in [1.165, 1.54) is 5.56 Å². The Bertz CT molecular complexity index is 1670. The summed E-state index contributed by atoms with van der Waals surface area (Å²) in [5.41, 5.74) is 6.52. The largest absolute Gasteiger partial charge is 0.490 e. The van der Waals surface area contributed by atoms with E-state index in [1.807, 2.05) is 24.4 Å². The number of aromatic nitrogens is 4. The first-order chi connectivity index (χ1) is 18.7. The summed E-state index contributed by atoms with van der Waals surface area (Å²) < 4.78 is 37.2. The average Bonchev–Trinajstić information content (AvgIpc) is 3.59. The number of benzene rings is 2. The van der Waals surface area contributed by atoms with Crippen molar-refractivity contribution in [1.29, 1.82) is 0 Å². The summed E-state index contributed by atoms with van der Waals surface area (Å²) in [6.45, 7) is 4.42. The van der Waals surface area contributed by atoms with Crippen molar-refractivity contribution in [1.82, 2.24) is 25.1 Å². The first-order valence-corrected chi connectivity index (χ1v) is 12.1. The average molecular weight is 540 g/mol. The number of carboxylic acid groups (broad SMARTS) is 1. The molecule has 5 aromatic rings. The van der Waals surface area contributed by atoms with E-state index in [4.69, 9.17) is 14.6 Å². The smallest absolute Gasteiger partial charge is 0.475 e. The highest BCUT2D eigenvalue weighted by Gasteiger charge is 2.38. The molecule has 0 spiro atoms. The summed E-state index contributed by atoms with van der Waals surface area (Å²) in [5.74, 6) is -2.76. The number of ether oxygens (including phenoxy) is 1. The van der Waals surface area contributed by atoms with E-state index in [9.17, 15) is 18.0 Å². The number of hydrogen-bond acceptors (Lipinski definition) is 5. The lowest BCUT2D eigenvalue weighted by molar-refractivity contribution is -0.192. The van der Waals surface area contributed by atoms with Crippen LogP contribution in [-0.4, -0.2) is 68.6 Å². The number of nitrogens with one attached hydrogen (secondary N) is 3. The maximum Gasteiger partial charge on any atom is 0.490 e. The van der Waals surface area contributed by atoms with E-state index in [-0.39, 0.29) is 5.56 Å². The molecule has 0 atom stereocenters. The lowest BCUT2D eigenvalue weighted by atomic mass is 10.0. The van der Waals surface area contributed by atoms with Gasteiger partial charge in [-0.1, -0.05) is 12.1 Å². The SMILES string of the molecule is O=C(O)C(F)(F)F.O=c1[nH]c2ccc(-c3cn[nH]c3)cc2cc1-c1cc2cc(CN3CCOCC3)ccc2[nH]1. The molecule has 39 heavy (non-hydrogen) atoms. The summed E-state index contributed by atoms with van der Waals surface area (Å²) in [7, 11) is 0. The highest BCUT2D eigenvalue weighted by molar-refractivity contribution is 5.90. The molecule has 6 rings (SSSR count). The molecular formula is C27H24F3N5O4. The number of nitrogens with zero attached hydrogens (tertiary/aromatic N) is 2. The van der Waals surface area contributed by atoms with Gasteiger partial charge in [0.2, 0.25) is 0 Å². The summed E-state index contributed by atoms with van der Waals surface area (Å²) in [5, 5.41) is 16.1. The number of morpholine rings is 1. The molecule has 2 aromatic carbocycles. The van der Waals surface area contributed by atoms with Crippen LogP contribution in [0, 0.1) is 0 Å². The first kappa shape index (κ1) is 26.2. The number of aliphatic carboxylic acids is 1. The molecule has 4 N–H and O–H groups in total. The van der Waals surface area contributed by atoms with E-state index in [0.717, 1.165) is 71.5 Å². The standard InChI is InChI=1S/C25H23N5O2.C2HF3O2/c31-25-21(11-19-10-17(2-4-23(19)29-25)20-13-26-27-14-20)24-12-18-9-16(1-3-22(18)28-24)15-30-5-7-32-8-6-30;3-2(4,5)1(6)7/h1-4,9-14,28H,5-8,15H2,(H,26,27)(H,29,31);(H,6,7). The van der Waals surface area contributed by atoms with Crippen LogP contribution in [0.3, 0.4) is 0 Å². The van der Waals surface area contributed by atoms with Gasteiger partial charge < -0.3 is 19.8 Å². The number of alkyl halides is 3. The zero-order valence-electron chi connectivity index (χ0n) is 20.5. The van der Waals surface area contributed by atoms with Crippen LogP contribution in [0.15, 0.2) is 65.7 Å². The highest BCUT2D eigenvalue weighted by atomic mass is 19.4. The molecule has 0 bridgehead atoms. The van der Waals surface area contributed by atoms with Crippen LogP contribution < -0.4 is 5.56 Å². The van der Waals surface area contributed by atoms with Gasteiger partial charge in [-0.2, -0.15) is 18.3 Å². The monoisotopic (exact) mass is 539 g/mol. The molecule has 1 aliphatic heterocycles. The summed E-state index contributed by atoms with van der Waals surface area (Å²) in [4.78, 5) is 30.6. The quantitative estimate of drug-likeness (QED) is 0.266. The lowest BCUT2D eigenvalue weighted by Gasteiger charge is -2.26. The summed E-state index contributed by atoms with van der Waals surface area (Å²) in [6.07, 6.45) is -1.43. The first-order valence-electron chi connectivity index (χ1n) is 12.1. The zero-order chi connectivity index (χ0) is 27.6. The second-order valence-electron chi connectivity index (χ2n) is 9.10. The van der Waals surface area contributed by atoms with Crippen LogP contribution in [0.2, 0.25) is 0 Å². The van der Waals surface area contributed by atoms with Crippen molar-refractivity contribution >= 4 is 27.8 Å². The van der Waals surface area contributed by atoms with Gasteiger partial charge in [0.05, 0.1) is 30.7 Å². The normalized spacial score (nSPS) is 14.3. The number of fused-ring (bicyclic) bond motifs is 2. The van der Waals surface area contributed by atoms with Crippen molar-refractivity contribution in [3.8, 4) is 22.4 Å². The number of pyridine rings is 1. The third-order valence-electron chi connectivity index (χ3n) is 6.40. The van der Waals surface area contributed by atoms with Gasteiger partial charge in [0.15, 0.2) is 0 Å². The Balaban J connectivity index is 0.000000392. The Morgan fingerprint density at radius 2 is 1.67 bits per heavy atom. The highest BCUT2D eigenvalue weighted by Crippen LogP contribution is 2.27. The van der Waals surface area contributed by atoms with Crippen molar-refractivity contribution in [2.45, 2.75) is 12.7 Å². The van der Waals surface area contributed by atoms with Crippen LogP contribution in [0.5, 0.6) is 0 Å². The van der Waals surface area contributed by atoms with E-state index >= 15 is 0 Å². The van der Waals surface area contributed by atoms with Gasteiger partial charge in [-0.25, -0.2) is 4.79 Å². The molecule has 202 valence electrons. The molecule has 12 heteroatoms. The van der Waals surface area contributed by atoms with Crippen molar-refractivity contribution < 1.29 is 27.8 Å². The predicted octanol–water partition coefficient (Wildman–Crippen LogP) is 4.53. The van der Waals surface area contributed by atoms with Gasteiger partial charge >= 0.3 is 12.1 Å². The van der Waals surface area contributed by atoms with Gasteiger partial charge in [0.1, 0.15) is 0 Å². The minimum absolute atomic E-state index is 0.103. The van der Waals surface area contributed by atoms with Crippen LogP contribution in [0.1, 0.15) is 5.56 Å². The molecule has 9 nitrogen and oxygen atoms in total. The maximum atomic E-state index is 12.8. The predicted molar refractivity (Wildman–Crippen MR) is 139 cm³/mol. The topological polar surface area (TPSA) is 127 Å². The summed E-state index contributed by atoms with van der Waals surface area (Å²) in [6, 6.07) is 16.5. The van der Waals surface area contributed by atoms with Crippen molar-refractivity contribution in [2.24, 2.45) is 0 Å². The summed E-state index contributed by atoms with van der Waals surface area (Å²) >= 11 is 0. The van der Waals surface area contributed by atoms with Gasteiger partial charge in [-0.05, 0) is 52.9 Å². The van der Waals surface area contributed by atoms with E-state index < -0.39 is 12.1 Å². The second kappa shape index (κ2) is 10.8. The van der Waals surface area contributed by atoms with Crippen LogP contribution in [-0.2, 0) is 16.1 Å². The number of carboxylic acids is 1. The fourth-order valence-electron chi connectivity index (χ4n) is 4.44. The minimum Gasteiger partial charge on any atom is -0.475 e. The molecule has 0 aliphatic carbocycles. The van der Waals surface area contributed by atoms with Crippen molar-refractivity contribution in [2.75, 3.05) is 26.3 Å². The van der Waals surface area contributed by atoms with Crippen LogP contribution in [0.4, 0.5) is 13.2 Å². The molecule has 1 fully saturated rings. The molecule has 3 aromatic heterocycles. The Kier molecular flexibility index (Phi) is 7.22.